The molecule has 3 N–H and O–H groups in total. The predicted octanol–water partition coefficient (Wildman–Crippen LogP) is 3.63. The Kier molecular flexibility index (Phi) is 3.64. The Morgan fingerprint density at radius 1 is 1.26 bits per heavy atom. The fourth-order valence-electron chi connectivity index (χ4n) is 2.23. The molecule has 1 atom stereocenters. The molecule has 98 valence electrons. The van der Waals surface area contributed by atoms with E-state index in [-0.39, 0.29) is 6.04 Å². The maximum Gasteiger partial charge on any atom is 0.134 e. The molecule has 2 aromatic heterocycles. The van der Waals surface area contributed by atoms with E-state index in [0.717, 1.165) is 29.6 Å². The Morgan fingerprint density at radius 3 is 2.89 bits per heavy atom. The molecular formula is C15H16N2OS. The van der Waals surface area contributed by atoms with Crippen LogP contribution in [0.25, 0.3) is 11.0 Å². The molecule has 19 heavy (non-hydrogen) atoms. The third kappa shape index (κ3) is 2.71. The molecule has 1 aromatic carbocycles. The fourth-order valence-corrected chi connectivity index (χ4v) is 2.93. The van der Waals surface area contributed by atoms with E-state index in [2.05, 4.69) is 34.4 Å². The van der Waals surface area contributed by atoms with Gasteiger partial charge in [0, 0.05) is 5.39 Å². The number of hydrazine groups is 1. The highest BCUT2D eigenvalue weighted by molar-refractivity contribution is 7.07. The zero-order valence-electron chi connectivity index (χ0n) is 10.5. The van der Waals surface area contributed by atoms with E-state index >= 15 is 0 Å². The molecule has 0 saturated heterocycles. The van der Waals surface area contributed by atoms with Crippen LogP contribution in [-0.2, 0) is 6.42 Å². The molecule has 3 aromatic rings. The SMILES string of the molecule is NNC(CCc1ccsc1)c1cc2ccccc2o1. The van der Waals surface area contributed by atoms with Gasteiger partial charge >= 0.3 is 0 Å². The van der Waals surface area contributed by atoms with E-state index in [1.165, 1.54) is 5.56 Å². The molecule has 0 radical (unpaired) electrons. The largest absolute Gasteiger partial charge is 0.459 e. The van der Waals surface area contributed by atoms with Crippen molar-refractivity contribution < 1.29 is 4.42 Å². The molecule has 1 unspecified atom stereocenters. The van der Waals surface area contributed by atoms with Crippen molar-refractivity contribution in [1.29, 1.82) is 0 Å². The van der Waals surface area contributed by atoms with Gasteiger partial charge in [0.2, 0.25) is 0 Å². The number of para-hydroxylation sites is 1. The molecule has 0 fully saturated rings. The Balaban J connectivity index is 1.77. The highest BCUT2D eigenvalue weighted by Gasteiger charge is 2.14. The minimum atomic E-state index is 0.0484. The van der Waals surface area contributed by atoms with Crippen molar-refractivity contribution in [2.45, 2.75) is 18.9 Å². The van der Waals surface area contributed by atoms with Gasteiger partial charge in [0.1, 0.15) is 11.3 Å². The Bertz CT molecular complexity index is 612. The summed E-state index contributed by atoms with van der Waals surface area (Å²) in [4.78, 5) is 0. The van der Waals surface area contributed by atoms with Gasteiger partial charge in [0.15, 0.2) is 0 Å². The van der Waals surface area contributed by atoms with E-state index < -0.39 is 0 Å². The molecule has 0 aliphatic carbocycles. The third-order valence-electron chi connectivity index (χ3n) is 3.29. The van der Waals surface area contributed by atoms with Crippen molar-refractivity contribution in [2.24, 2.45) is 5.84 Å². The molecule has 3 nitrogen and oxygen atoms in total. The number of hydrogen-bond donors (Lipinski definition) is 2. The number of thiophene rings is 1. The molecule has 0 aliphatic rings. The monoisotopic (exact) mass is 272 g/mol. The van der Waals surface area contributed by atoms with Crippen LogP contribution in [0.15, 0.2) is 51.6 Å². The van der Waals surface area contributed by atoms with Crippen molar-refractivity contribution in [3.63, 3.8) is 0 Å². The van der Waals surface area contributed by atoms with Crippen LogP contribution < -0.4 is 11.3 Å². The highest BCUT2D eigenvalue weighted by Crippen LogP contribution is 2.26. The molecule has 4 heteroatoms. The van der Waals surface area contributed by atoms with Crippen LogP contribution in [0.2, 0.25) is 0 Å². The van der Waals surface area contributed by atoms with Crippen LogP contribution in [0.1, 0.15) is 23.8 Å². The number of furan rings is 1. The minimum Gasteiger partial charge on any atom is -0.459 e. The average molecular weight is 272 g/mol. The molecule has 0 amide bonds. The van der Waals surface area contributed by atoms with Gasteiger partial charge in [-0.1, -0.05) is 18.2 Å². The van der Waals surface area contributed by atoms with Crippen molar-refractivity contribution in [1.82, 2.24) is 5.43 Å². The first-order valence-corrected chi connectivity index (χ1v) is 7.27. The normalized spacial score (nSPS) is 12.9. The molecular weight excluding hydrogens is 256 g/mol. The zero-order chi connectivity index (χ0) is 13.1. The van der Waals surface area contributed by atoms with Gasteiger partial charge in [-0.2, -0.15) is 11.3 Å². The summed E-state index contributed by atoms with van der Waals surface area (Å²) in [6.45, 7) is 0. The minimum absolute atomic E-state index is 0.0484. The molecule has 3 rings (SSSR count). The van der Waals surface area contributed by atoms with Crippen molar-refractivity contribution in [3.05, 3.63) is 58.5 Å². The summed E-state index contributed by atoms with van der Waals surface area (Å²) in [5, 5.41) is 5.39. The lowest BCUT2D eigenvalue weighted by molar-refractivity contribution is 0.417. The second-order valence-corrected chi connectivity index (χ2v) is 5.36. The predicted molar refractivity (Wildman–Crippen MR) is 78.9 cm³/mol. The summed E-state index contributed by atoms with van der Waals surface area (Å²) < 4.78 is 5.85. The Labute approximate surface area is 116 Å². The zero-order valence-corrected chi connectivity index (χ0v) is 11.3. The molecule has 2 heterocycles. The van der Waals surface area contributed by atoms with E-state index in [1.807, 2.05) is 18.2 Å². The molecule has 0 saturated carbocycles. The van der Waals surface area contributed by atoms with Gasteiger partial charge in [0.25, 0.3) is 0 Å². The first-order chi connectivity index (χ1) is 9.36. The fraction of sp³-hybridized carbons (Fsp3) is 0.200. The van der Waals surface area contributed by atoms with Crippen LogP contribution in [0.3, 0.4) is 0 Å². The van der Waals surface area contributed by atoms with Crippen molar-refractivity contribution in [3.8, 4) is 0 Å². The smallest absolute Gasteiger partial charge is 0.134 e. The van der Waals surface area contributed by atoms with Crippen LogP contribution in [0, 0.1) is 0 Å². The first-order valence-electron chi connectivity index (χ1n) is 6.32. The molecule has 0 spiro atoms. The number of rotatable bonds is 5. The second kappa shape index (κ2) is 5.57. The summed E-state index contributed by atoms with van der Waals surface area (Å²) >= 11 is 1.72. The standard InChI is InChI=1S/C15H16N2OS/c16-17-13(6-5-11-7-8-19-10-11)15-9-12-3-1-2-4-14(12)18-15/h1-4,7-10,13,17H,5-6,16H2. The topological polar surface area (TPSA) is 51.2 Å². The van der Waals surface area contributed by atoms with Crippen molar-refractivity contribution >= 4 is 22.3 Å². The lowest BCUT2D eigenvalue weighted by atomic mass is 10.1. The average Bonchev–Trinajstić information content (AvgIpc) is 3.08. The number of nitrogens with one attached hydrogen (secondary N) is 1. The third-order valence-corrected chi connectivity index (χ3v) is 4.02. The maximum atomic E-state index is 5.85. The van der Waals surface area contributed by atoms with Gasteiger partial charge < -0.3 is 4.42 Å². The van der Waals surface area contributed by atoms with E-state index in [0.29, 0.717) is 0 Å². The summed E-state index contributed by atoms with van der Waals surface area (Å²) in [5.41, 5.74) is 5.11. The van der Waals surface area contributed by atoms with E-state index in [4.69, 9.17) is 10.3 Å². The first kappa shape index (κ1) is 12.4. The van der Waals surface area contributed by atoms with Crippen LogP contribution in [-0.4, -0.2) is 0 Å². The van der Waals surface area contributed by atoms with Gasteiger partial charge in [-0.25, -0.2) is 5.43 Å². The highest BCUT2D eigenvalue weighted by atomic mass is 32.1. The summed E-state index contributed by atoms with van der Waals surface area (Å²) in [7, 11) is 0. The lowest BCUT2D eigenvalue weighted by Crippen LogP contribution is -2.28. The maximum absolute atomic E-state index is 5.85. The van der Waals surface area contributed by atoms with Gasteiger partial charge in [-0.05, 0) is 47.4 Å². The van der Waals surface area contributed by atoms with Gasteiger partial charge in [-0.3, -0.25) is 5.84 Å². The lowest BCUT2D eigenvalue weighted by Gasteiger charge is -2.12. The van der Waals surface area contributed by atoms with E-state index in [1.54, 1.807) is 11.3 Å². The number of benzene rings is 1. The van der Waals surface area contributed by atoms with Crippen LogP contribution in [0.4, 0.5) is 0 Å². The quantitative estimate of drug-likeness (QED) is 0.551. The summed E-state index contributed by atoms with van der Waals surface area (Å²) in [5.74, 6) is 6.56. The van der Waals surface area contributed by atoms with Crippen molar-refractivity contribution in [2.75, 3.05) is 0 Å². The van der Waals surface area contributed by atoms with Gasteiger partial charge in [0.05, 0.1) is 6.04 Å². The second-order valence-electron chi connectivity index (χ2n) is 4.58. The van der Waals surface area contributed by atoms with Crippen LogP contribution >= 0.6 is 11.3 Å². The molecule has 0 bridgehead atoms. The Morgan fingerprint density at radius 2 is 2.16 bits per heavy atom. The number of hydrogen-bond acceptors (Lipinski definition) is 4. The number of fused-ring (bicyclic) bond motifs is 1. The van der Waals surface area contributed by atoms with E-state index in [9.17, 15) is 0 Å². The Hall–Kier alpha value is -1.62. The van der Waals surface area contributed by atoms with Crippen LogP contribution in [0.5, 0.6) is 0 Å². The molecule has 0 aliphatic heterocycles. The number of nitrogens with two attached hydrogens (primary N) is 1. The summed E-state index contributed by atoms with van der Waals surface area (Å²) in [6, 6.07) is 12.3. The van der Waals surface area contributed by atoms with Gasteiger partial charge in [-0.15, -0.1) is 0 Å². The summed E-state index contributed by atoms with van der Waals surface area (Å²) in [6.07, 6.45) is 1.92. The number of aryl methyl sites for hydroxylation is 1.